The predicted molar refractivity (Wildman–Crippen MR) is 460 cm³/mol. The number of pyridine rings is 2. The van der Waals surface area contributed by atoms with Crippen LogP contribution in [0.15, 0.2) is 401 Å². The molecule has 0 atom stereocenters. The van der Waals surface area contributed by atoms with E-state index in [1.807, 2.05) is 85.2 Å². The molecule has 0 unspecified atom stereocenters. The average Bonchev–Trinajstić information content (AvgIpc) is 1.59. The summed E-state index contributed by atoms with van der Waals surface area (Å²) in [6.45, 7) is 0. The fraction of sp³-hybridized carbons (Fsp3) is 0. The molecule has 10 heteroatoms. The summed E-state index contributed by atoms with van der Waals surface area (Å²) in [4.78, 5) is 30.8. The van der Waals surface area contributed by atoms with E-state index in [0.717, 1.165) is 145 Å². The van der Waals surface area contributed by atoms with Crippen molar-refractivity contribution in [2.45, 2.75) is 0 Å². The monoisotopic (exact) mass is 1430 g/mol. The number of nitrogens with zero attached hydrogens (tertiary/aromatic N) is 10. The molecule has 112 heavy (non-hydrogen) atoms. The van der Waals surface area contributed by atoms with Crippen LogP contribution in [-0.2, 0) is 0 Å². The summed E-state index contributed by atoms with van der Waals surface area (Å²) in [5.74, 6) is 1.37. The van der Waals surface area contributed by atoms with Gasteiger partial charge in [0.05, 0.1) is 55.9 Å². The van der Waals surface area contributed by atoms with Crippen LogP contribution in [0.4, 0.5) is 0 Å². The van der Waals surface area contributed by atoms with Crippen LogP contribution < -0.4 is 0 Å². The maximum Gasteiger partial charge on any atom is 0.160 e. The van der Waals surface area contributed by atoms with Gasteiger partial charge in [-0.1, -0.05) is 267 Å². The third kappa shape index (κ3) is 11.5. The number of hydrogen-bond acceptors (Lipinski definition) is 6. The first-order valence-electron chi connectivity index (χ1n) is 37.7. The summed E-state index contributed by atoms with van der Waals surface area (Å²) < 4.78 is 9.23. The Bertz CT molecular complexity index is 6800. The van der Waals surface area contributed by atoms with Gasteiger partial charge in [0.15, 0.2) is 11.6 Å². The minimum atomic E-state index is 0.673. The molecule has 0 aliphatic rings. The highest BCUT2D eigenvalue weighted by atomic mass is 15.1. The number of benzene rings is 14. The van der Waals surface area contributed by atoms with Crippen molar-refractivity contribution in [3.8, 4) is 113 Å². The Morgan fingerprint density at radius 1 is 0.161 bits per heavy atom. The van der Waals surface area contributed by atoms with Crippen molar-refractivity contribution < 1.29 is 0 Å². The van der Waals surface area contributed by atoms with E-state index in [9.17, 15) is 0 Å². The first-order chi connectivity index (χ1) is 55.5. The third-order valence-corrected chi connectivity index (χ3v) is 21.5. The lowest BCUT2D eigenvalue weighted by molar-refractivity contribution is 1.13. The molecule has 22 aromatic rings. The SMILES string of the molecule is c1ccc(-c2cc(-c3cccc(-n4c5ccccc5c5cc(-c6ccc7c(c6)c6ccccc6n7-c6ccccc6)cnc54)c3)nc(-c3ccccc3)n2)cc1.c1ccc(-c2cc(-c3ccccc3)nc(-c3cccc(-n4c5ccccc5c5cc(-c6ccc7c(c6)c6ccccc6n7-c6ccccc6)cnc54)c3)n2)cc1. The largest absolute Gasteiger partial charge is 0.309 e. The third-order valence-electron chi connectivity index (χ3n) is 21.5. The van der Waals surface area contributed by atoms with Crippen LogP contribution in [0, 0.1) is 0 Å². The second-order valence-electron chi connectivity index (χ2n) is 28.2. The topological polar surface area (TPSA) is 97.1 Å². The van der Waals surface area contributed by atoms with Gasteiger partial charge in [-0.2, -0.15) is 0 Å². The standard InChI is InChI=1S/2C51H33N5/c1-4-15-34(16-5-1)45-32-46(54-50(53-45)35-17-6-2-7-18-35)37-19-14-22-40(29-37)56-48-26-13-11-24-42(48)44-31-38(33-52-51(44)56)36-27-28-49-43(30-36)41-23-10-12-25-47(41)55(49)39-20-8-3-9-21-39;1-4-15-34(16-5-1)45-32-46(35-17-6-2-7-18-35)54-50(53-45)37-19-14-22-40(29-37)56-48-26-13-11-24-42(48)44-31-38(33-52-51(44)56)36-27-28-49-43(30-36)41-23-10-12-25-47(41)55(49)39-20-8-3-9-21-39/h2*1-33H. The maximum atomic E-state index is 5.21. The van der Waals surface area contributed by atoms with Crippen molar-refractivity contribution in [3.63, 3.8) is 0 Å². The number of rotatable bonds is 12. The number of hydrogen-bond donors (Lipinski definition) is 0. The molecule has 10 nitrogen and oxygen atoms in total. The number of para-hydroxylation sites is 6. The van der Waals surface area contributed by atoms with Crippen molar-refractivity contribution in [1.82, 2.24) is 48.2 Å². The molecule has 8 aromatic heterocycles. The molecule has 524 valence electrons. The molecule has 0 bridgehead atoms. The van der Waals surface area contributed by atoms with Gasteiger partial charge in [-0.25, -0.2) is 29.9 Å². The first-order valence-corrected chi connectivity index (χ1v) is 37.7. The van der Waals surface area contributed by atoms with Gasteiger partial charge >= 0.3 is 0 Å². The van der Waals surface area contributed by atoms with Crippen molar-refractivity contribution >= 4 is 87.5 Å². The Morgan fingerprint density at radius 2 is 0.446 bits per heavy atom. The van der Waals surface area contributed by atoms with E-state index in [1.165, 1.54) is 43.6 Å². The van der Waals surface area contributed by atoms with E-state index in [1.54, 1.807) is 0 Å². The molecule has 0 radical (unpaired) electrons. The second kappa shape index (κ2) is 27.5. The second-order valence-corrected chi connectivity index (χ2v) is 28.2. The quantitative estimate of drug-likeness (QED) is 0.121. The van der Waals surface area contributed by atoms with E-state index < -0.39 is 0 Å². The molecule has 0 saturated heterocycles. The molecule has 22 rings (SSSR count). The summed E-state index contributed by atoms with van der Waals surface area (Å²) in [6, 6.07) is 136. The molecule has 0 aliphatic carbocycles. The molecular weight excluding hydrogens is 1370 g/mol. The molecule has 8 heterocycles. The highest BCUT2D eigenvalue weighted by Gasteiger charge is 2.22. The van der Waals surface area contributed by atoms with Crippen molar-refractivity contribution in [1.29, 1.82) is 0 Å². The predicted octanol–water partition coefficient (Wildman–Crippen LogP) is 25.5. The first kappa shape index (κ1) is 65.1. The van der Waals surface area contributed by atoms with Gasteiger partial charge in [-0.15, -0.1) is 0 Å². The average molecular weight is 1430 g/mol. The highest BCUT2D eigenvalue weighted by Crippen LogP contribution is 2.42. The van der Waals surface area contributed by atoms with E-state index in [2.05, 4.69) is 334 Å². The number of fused-ring (bicyclic) bond motifs is 12. The fourth-order valence-electron chi connectivity index (χ4n) is 16.3. The van der Waals surface area contributed by atoms with Crippen LogP contribution in [0.5, 0.6) is 0 Å². The Hall–Kier alpha value is -15.3. The van der Waals surface area contributed by atoms with Gasteiger partial charge in [-0.05, 0) is 132 Å². The zero-order valence-electron chi connectivity index (χ0n) is 60.6. The highest BCUT2D eigenvalue weighted by molar-refractivity contribution is 6.14. The lowest BCUT2D eigenvalue weighted by Crippen LogP contribution is -1.99. The molecule has 0 amide bonds. The minimum Gasteiger partial charge on any atom is -0.309 e. The van der Waals surface area contributed by atoms with Gasteiger partial charge in [0.25, 0.3) is 0 Å². The molecule has 0 saturated carbocycles. The number of aromatic nitrogens is 10. The summed E-state index contributed by atoms with van der Waals surface area (Å²) in [5, 5.41) is 9.41. The van der Waals surface area contributed by atoms with E-state index in [0.29, 0.717) is 11.6 Å². The van der Waals surface area contributed by atoms with Gasteiger partial charge in [0, 0.05) is 123 Å². The Morgan fingerprint density at radius 3 is 0.857 bits per heavy atom. The van der Waals surface area contributed by atoms with Crippen molar-refractivity contribution in [2.75, 3.05) is 0 Å². The molecular formula is C102H66N10. The zero-order chi connectivity index (χ0) is 74.0. The summed E-state index contributed by atoms with van der Waals surface area (Å²) in [6.07, 6.45) is 4.03. The van der Waals surface area contributed by atoms with Crippen LogP contribution in [-0.4, -0.2) is 48.2 Å². The molecule has 0 spiro atoms. The lowest BCUT2D eigenvalue weighted by atomic mass is 10.0. The Balaban J connectivity index is 0.000000141. The van der Waals surface area contributed by atoms with Crippen LogP contribution in [0.25, 0.3) is 200 Å². The fourth-order valence-corrected chi connectivity index (χ4v) is 16.3. The minimum absolute atomic E-state index is 0.673. The van der Waals surface area contributed by atoms with Gasteiger partial charge in [-0.3, -0.25) is 9.13 Å². The van der Waals surface area contributed by atoms with Crippen LogP contribution in [0.2, 0.25) is 0 Å². The van der Waals surface area contributed by atoms with E-state index in [-0.39, 0.29) is 0 Å². The maximum absolute atomic E-state index is 5.21. The van der Waals surface area contributed by atoms with Crippen LogP contribution in [0.1, 0.15) is 0 Å². The zero-order valence-corrected chi connectivity index (χ0v) is 60.6. The smallest absolute Gasteiger partial charge is 0.160 e. The van der Waals surface area contributed by atoms with Crippen molar-refractivity contribution in [3.05, 3.63) is 401 Å². The van der Waals surface area contributed by atoms with E-state index in [4.69, 9.17) is 29.9 Å². The summed E-state index contributed by atoms with van der Waals surface area (Å²) >= 11 is 0. The lowest BCUT2D eigenvalue weighted by Gasteiger charge is -2.12. The van der Waals surface area contributed by atoms with Crippen LogP contribution >= 0.6 is 0 Å². The van der Waals surface area contributed by atoms with Gasteiger partial charge in [0.1, 0.15) is 11.3 Å². The molecule has 0 aliphatic heterocycles. The Labute approximate surface area is 645 Å². The van der Waals surface area contributed by atoms with Gasteiger partial charge in [0.2, 0.25) is 0 Å². The van der Waals surface area contributed by atoms with E-state index >= 15 is 0 Å². The molecule has 0 fully saturated rings. The molecule has 0 N–H and O–H groups in total. The normalized spacial score (nSPS) is 11.6. The van der Waals surface area contributed by atoms with Crippen molar-refractivity contribution in [2.24, 2.45) is 0 Å². The Kier molecular flexibility index (Phi) is 16.0. The van der Waals surface area contributed by atoms with Gasteiger partial charge < -0.3 is 9.13 Å². The summed E-state index contributed by atoms with van der Waals surface area (Å²) in [5.41, 5.74) is 27.1. The van der Waals surface area contributed by atoms with Crippen LogP contribution in [0.3, 0.4) is 0 Å². The molecule has 14 aromatic carbocycles. The summed E-state index contributed by atoms with van der Waals surface area (Å²) in [7, 11) is 0.